The van der Waals surface area contributed by atoms with Gasteiger partial charge in [-0.2, -0.15) is 0 Å². The summed E-state index contributed by atoms with van der Waals surface area (Å²) in [5, 5.41) is 45.2. The summed E-state index contributed by atoms with van der Waals surface area (Å²) in [6.07, 6.45) is 6.52. The summed E-state index contributed by atoms with van der Waals surface area (Å²) in [7, 11) is 0. The fourth-order valence-corrected chi connectivity index (χ4v) is 8.49. The Morgan fingerprint density at radius 3 is 2.47 bits per heavy atom. The number of allylic oxidation sites excluding steroid dienone is 1. The zero-order chi connectivity index (χ0) is 23.6. The molecule has 0 amide bonds. The molecule has 3 fully saturated rings. The third kappa shape index (κ3) is 3.39. The van der Waals surface area contributed by atoms with Gasteiger partial charge in [-0.25, -0.2) is 0 Å². The summed E-state index contributed by atoms with van der Waals surface area (Å²) in [6.45, 7) is 15.4. The van der Waals surface area contributed by atoms with E-state index in [1.165, 1.54) is 5.57 Å². The number of rotatable bonds is 5. The van der Waals surface area contributed by atoms with Crippen molar-refractivity contribution in [2.45, 2.75) is 110 Å². The van der Waals surface area contributed by atoms with E-state index in [9.17, 15) is 20.4 Å². The van der Waals surface area contributed by atoms with Crippen LogP contribution in [-0.4, -0.2) is 44.3 Å². The molecule has 182 valence electrons. The van der Waals surface area contributed by atoms with Gasteiger partial charge in [0.2, 0.25) is 0 Å². The third-order valence-corrected chi connectivity index (χ3v) is 10.7. The van der Waals surface area contributed by atoms with E-state index in [4.69, 9.17) is 0 Å². The van der Waals surface area contributed by atoms with Gasteiger partial charge in [0, 0.05) is 5.41 Å². The van der Waals surface area contributed by atoms with Crippen LogP contribution in [0.4, 0.5) is 0 Å². The van der Waals surface area contributed by atoms with E-state index in [1.54, 1.807) is 0 Å². The fraction of sp³-hybridized carbons (Fsp3) is 0.857. The normalized spacial score (nSPS) is 49.1. The average molecular weight is 447 g/mol. The Hall–Kier alpha value is -0.680. The Morgan fingerprint density at radius 1 is 1.12 bits per heavy atom. The van der Waals surface area contributed by atoms with Gasteiger partial charge in [0.1, 0.15) is 5.60 Å². The highest BCUT2D eigenvalue weighted by Crippen LogP contribution is 2.68. The van der Waals surface area contributed by atoms with Crippen LogP contribution in [0.2, 0.25) is 0 Å². The lowest BCUT2D eigenvalue weighted by molar-refractivity contribution is -0.221. The zero-order valence-electron chi connectivity index (χ0n) is 20.8. The van der Waals surface area contributed by atoms with Crippen molar-refractivity contribution in [1.29, 1.82) is 0 Å². The van der Waals surface area contributed by atoms with Gasteiger partial charge in [-0.15, -0.1) is 0 Å². The average Bonchev–Trinajstić information content (AvgIpc) is 3.06. The second kappa shape index (κ2) is 8.22. The van der Waals surface area contributed by atoms with Crippen molar-refractivity contribution in [1.82, 2.24) is 0 Å². The minimum Gasteiger partial charge on any atom is -0.393 e. The molecule has 0 heterocycles. The Bertz CT molecular complexity index is 773. The quantitative estimate of drug-likeness (QED) is 0.465. The van der Waals surface area contributed by atoms with Gasteiger partial charge in [0.05, 0.1) is 18.3 Å². The molecule has 4 aliphatic rings. The first kappa shape index (κ1) is 24.4. The Labute approximate surface area is 194 Å². The maximum Gasteiger partial charge on any atom is 0.117 e. The Balaban J connectivity index is 1.64. The second-order valence-electron chi connectivity index (χ2n) is 12.6. The van der Waals surface area contributed by atoms with Crippen LogP contribution in [0, 0.1) is 40.4 Å². The van der Waals surface area contributed by atoms with Crippen molar-refractivity contribution in [2.24, 2.45) is 40.4 Å². The summed E-state index contributed by atoms with van der Waals surface area (Å²) in [5.41, 5.74) is 0.196. The van der Waals surface area contributed by atoms with Crippen molar-refractivity contribution in [3.05, 3.63) is 23.8 Å². The van der Waals surface area contributed by atoms with E-state index in [2.05, 4.69) is 34.3 Å². The van der Waals surface area contributed by atoms with Crippen molar-refractivity contribution in [3.63, 3.8) is 0 Å². The summed E-state index contributed by atoms with van der Waals surface area (Å²) in [6, 6.07) is 0. The molecule has 10 atom stereocenters. The molecule has 4 N–H and O–H groups in total. The van der Waals surface area contributed by atoms with Crippen molar-refractivity contribution >= 4 is 0 Å². The minimum absolute atomic E-state index is 0.0762. The molecule has 0 aliphatic heterocycles. The van der Waals surface area contributed by atoms with Gasteiger partial charge in [0.25, 0.3) is 0 Å². The highest BCUT2D eigenvalue weighted by molar-refractivity contribution is 5.39. The zero-order valence-corrected chi connectivity index (χ0v) is 20.8. The fourth-order valence-electron chi connectivity index (χ4n) is 8.49. The van der Waals surface area contributed by atoms with Crippen LogP contribution in [-0.2, 0) is 0 Å². The minimum atomic E-state index is -1.31. The molecule has 4 rings (SSSR count). The van der Waals surface area contributed by atoms with Crippen LogP contribution in [0.15, 0.2) is 23.8 Å². The predicted molar refractivity (Wildman–Crippen MR) is 128 cm³/mol. The molecule has 4 aliphatic carbocycles. The van der Waals surface area contributed by atoms with Gasteiger partial charge in [-0.3, -0.25) is 0 Å². The first-order chi connectivity index (χ1) is 14.9. The summed E-state index contributed by atoms with van der Waals surface area (Å²) >= 11 is 0. The molecule has 4 nitrogen and oxygen atoms in total. The van der Waals surface area contributed by atoms with E-state index < -0.39 is 29.3 Å². The molecule has 0 aromatic carbocycles. The predicted octanol–water partition coefficient (Wildman–Crippen LogP) is 4.61. The lowest BCUT2D eigenvalue weighted by Gasteiger charge is -2.64. The second-order valence-corrected chi connectivity index (χ2v) is 12.6. The first-order valence-corrected chi connectivity index (χ1v) is 13.0. The van der Waals surface area contributed by atoms with Crippen LogP contribution >= 0.6 is 0 Å². The van der Waals surface area contributed by atoms with E-state index in [1.807, 2.05) is 13.0 Å². The molecule has 0 aromatic rings. The highest BCUT2D eigenvalue weighted by atomic mass is 16.3. The Kier molecular flexibility index (Phi) is 6.28. The molecule has 10 unspecified atom stereocenters. The molecular formula is C28H46O4. The van der Waals surface area contributed by atoms with Crippen LogP contribution < -0.4 is 0 Å². The number of aliphatic hydroxyl groups is 4. The van der Waals surface area contributed by atoms with Gasteiger partial charge < -0.3 is 20.4 Å². The van der Waals surface area contributed by atoms with Crippen molar-refractivity contribution < 1.29 is 20.4 Å². The third-order valence-electron chi connectivity index (χ3n) is 10.7. The number of hydrogen-bond acceptors (Lipinski definition) is 4. The lowest BCUT2D eigenvalue weighted by Crippen LogP contribution is -2.69. The largest absolute Gasteiger partial charge is 0.393 e. The maximum atomic E-state index is 12.2. The Morgan fingerprint density at radius 2 is 1.81 bits per heavy atom. The van der Waals surface area contributed by atoms with Gasteiger partial charge >= 0.3 is 0 Å². The van der Waals surface area contributed by atoms with Gasteiger partial charge in [-0.05, 0) is 91.9 Å². The summed E-state index contributed by atoms with van der Waals surface area (Å²) < 4.78 is 0. The summed E-state index contributed by atoms with van der Waals surface area (Å²) in [5.74, 6) is 1.50. The summed E-state index contributed by atoms with van der Waals surface area (Å²) in [4.78, 5) is 0. The van der Waals surface area contributed by atoms with Crippen LogP contribution in [0.3, 0.4) is 0 Å². The van der Waals surface area contributed by atoms with E-state index >= 15 is 0 Å². The molecule has 0 radical (unpaired) electrons. The van der Waals surface area contributed by atoms with Crippen LogP contribution in [0.1, 0.15) is 86.0 Å². The lowest BCUT2D eigenvalue weighted by atomic mass is 9.44. The van der Waals surface area contributed by atoms with E-state index in [0.29, 0.717) is 43.4 Å². The number of hydrogen-bond donors (Lipinski definition) is 4. The van der Waals surface area contributed by atoms with Crippen LogP contribution in [0.25, 0.3) is 0 Å². The molecule has 4 heteroatoms. The van der Waals surface area contributed by atoms with Crippen molar-refractivity contribution in [2.75, 3.05) is 0 Å². The van der Waals surface area contributed by atoms with E-state index in [-0.39, 0.29) is 17.3 Å². The monoisotopic (exact) mass is 446 g/mol. The topological polar surface area (TPSA) is 80.9 Å². The maximum absolute atomic E-state index is 12.2. The molecule has 0 saturated heterocycles. The highest BCUT2D eigenvalue weighted by Gasteiger charge is 2.69. The molecule has 0 spiro atoms. The SMILES string of the molecule is C=C(CCC(C)C1CCC2C3=CC(O)C4CC(O)CCC4(C)C3(O)C(O)CC21C)C(C)C. The molecule has 0 aromatic heterocycles. The molecular weight excluding hydrogens is 400 g/mol. The standard InChI is InChI=1S/C28H46O4/c1-16(2)17(3)7-8-18(4)20-9-10-21-22-14-24(30)23-13-19(29)11-12-27(23,6)28(22,32)25(31)15-26(20,21)5/h14,16,18-21,23-25,29-32H,3,7-13,15H2,1-2,4-6H3. The van der Waals surface area contributed by atoms with Gasteiger partial charge in [0.15, 0.2) is 0 Å². The molecule has 3 saturated carbocycles. The van der Waals surface area contributed by atoms with Gasteiger partial charge in [-0.1, -0.05) is 52.8 Å². The van der Waals surface area contributed by atoms with Crippen molar-refractivity contribution in [3.8, 4) is 0 Å². The first-order valence-electron chi connectivity index (χ1n) is 13.0. The van der Waals surface area contributed by atoms with E-state index in [0.717, 1.165) is 31.3 Å². The van der Waals surface area contributed by atoms with Crippen LogP contribution in [0.5, 0.6) is 0 Å². The number of aliphatic hydroxyl groups excluding tert-OH is 3. The number of fused-ring (bicyclic) bond motifs is 5. The molecule has 0 bridgehead atoms. The smallest absolute Gasteiger partial charge is 0.117 e. The molecule has 32 heavy (non-hydrogen) atoms.